The highest BCUT2D eigenvalue weighted by Gasteiger charge is 2.14. The minimum atomic E-state index is -0.148. The third-order valence-electron chi connectivity index (χ3n) is 4.14. The lowest BCUT2D eigenvalue weighted by atomic mass is 10.0. The predicted molar refractivity (Wildman–Crippen MR) is 90.4 cm³/mol. The number of anilines is 1. The van der Waals surface area contributed by atoms with Crippen molar-refractivity contribution in [1.82, 2.24) is 5.32 Å². The first-order valence-electron chi connectivity index (χ1n) is 8.40. The van der Waals surface area contributed by atoms with E-state index in [4.69, 9.17) is 0 Å². The maximum atomic E-state index is 13.6. The average molecular weight is 294 g/mol. The zero-order chi connectivity index (χ0) is 15.7. The summed E-state index contributed by atoms with van der Waals surface area (Å²) in [5.41, 5.74) is 2.24. The van der Waals surface area contributed by atoms with Crippen molar-refractivity contribution in [3.05, 3.63) is 29.6 Å². The number of nitrogens with zero attached hydrogens (tertiary/aromatic N) is 1. The van der Waals surface area contributed by atoms with Gasteiger partial charge in [-0.25, -0.2) is 4.39 Å². The molecular formula is C18H31FN2. The van der Waals surface area contributed by atoms with E-state index in [0.29, 0.717) is 5.92 Å². The van der Waals surface area contributed by atoms with Crippen LogP contribution < -0.4 is 10.2 Å². The SMILES string of the molecule is CCCNCc1cc(F)ccc1N(CC)CC(CC)CC. The molecule has 0 heterocycles. The molecule has 1 aromatic carbocycles. The van der Waals surface area contributed by atoms with Gasteiger partial charge in [-0.2, -0.15) is 0 Å². The summed E-state index contributed by atoms with van der Waals surface area (Å²) in [6.45, 7) is 12.5. The third-order valence-corrected chi connectivity index (χ3v) is 4.14. The molecule has 2 nitrogen and oxygen atoms in total. The summed E-state index contributed by atoms with van der Waals surface area (Å²) in [4.78, 5) is 2.39. The second-order valence-electron chi connectivity index (χ2n) is 5.67. The van der Waals surface area contributed by atoms with Crippen molar-refractivity contribution in [3.8, 4) is 0 Å². The van der Waals surface area contributed by atoms with Gasteiger partial charge in [-0.05, 0) is 49.6 Å². The van der Waals surface area contributed by atoms with Crippen molar-refractivity contribution in [1.29, 1.82) is 0 Å². The fourth-order valence-corrected chi connectivity index (χ4v) is 2.66. The second kappa shape index (κ2) is 9.78. The Kier molecular flexibility index (Phi) is 8.36. The van der Waals surface area contributed by atoms with Gasteiger partial charge in [0.2, 0.25) is 0 Å². The van der Waals surface area contributed by atoms with E-state index in [9.17, 15) is 4.39 Å². The number of rotatable bonds is 10. The molecule has 3 heteroatoms. The lowest BCUT2D eigenvalue weighted by molar-refractivity contribution is 0.485. The van der Waals surface area contributed by atoms with Crippen LogP contribution in [0.2, 0.25) is 0 Å². The minimum absolute atomic E-state index is 0.148. The predicted octanol–water partition coefficient (Wildman–Crippen LogP) is 4.59. The number of hydrogen-bond donors (Lipinski definition) is 1. The third kappa shape index (κ3) is 5.66. The molecule has 0 unspecified atom stereocenters. The first-order chi connectivity index (χ1) is 10.2. The standard InChI is InChI=1S/C18H31FN2/c1-5-11-20-13-16-12-17(19)9-10-18(16)21(8-4)14-15(6-2)7-3/h9-10,12,15,20H,5-8,11,13-14H2,1-4H3. The van der Waals surface area contributed by atoms with Crippen LogP contribution in [-0.4, -0.2) is 19.6 Å². The molecule has 0 amide bonds. The van der Waals surface area contributed by atoms with E-state index in [1.54, 1.807) is 12.1 Å². The van der Waals surface area contributed by atoms with Crippen LogP contribution in [0.15, 0.2) is 18.2 Å². The van der Waals surface area contributed by atoms with Crippen molar-refractivity contribution in [2.45, 2.75) is 53.5 Å². The summed E-state index contributed by atoms with van der Waals surface area (Å²) in [6, 6.07) is 5.19. The van der Waals surface area contributed by atoms with Crippen LogP contribution in [-0.2, 0) is 6.54 Å². The van der Waals surface area contributed by atoms with Gasteiger partial charge in [0.05, 0.1) is 0 Å². The Morgan fingerprint density at radius 3 is 2.43 bits per heavy atom. The van der Waals surface area contributed by atoms with Gasteiger partial charge in [0, 0.05) is 25.3 Å². The minimum Gasteiger partial charge on any atom is -0.371 e. The smallest absolute Gasteiger partial charge is 0.123 e. The van der Waals surface area contributed by atoms with Crippen LogP contribution in [0.25, 0.3) is 0 Å². The van der Waals surface area contributed by atoms with E-state index in [1.807, 2.05) is 6.07 Å². The van der Waals surface area contributed by atoms with Crippen molar-refractivity contribution in [2.24, 2.45) is 5.92 Å². The Morgan fingerprint density at radius 1 is 1.14 bits per heavy atom. The van der Waals surface area contributed by atoms with Crippen LogP contribution in [0.4, 0.5) is 10.1 Å². The Hall–Kier alpha value is -1.09. The summed E-state index contributed by atoms with van der Waals surface area (Å²) in [6.07, 6.45) is 3.48. The van der Waals surface area contributed by atoms with Crippen LogP contribution in [0.5, 0.6) is 0 Å². The number of nitrogens with one attached hydrogen (secondary N) is 1. The first kappa shape index (κ1) is 18.0. The Morgan fingerprint density at radius 2 is 1.86 bits per heavy atom. The normalized spacial score (nSPS) is 11.1. The summed E-state index contributed by atoms with van der Waals surface area (Å²) in [5, 5.41) is 3.39. The zero-order valence-corrected chi connectivity index (χ0v) is 14.1. The van der Waals surface area contributed by atoms with Crippen molar-refractivity contribution < 1.29 is 4.39 Å². The molecule has 0 bridgehead atoms. The van der Waals surface area contributed by atoms with Gasteiger partial charge in [0.15, 0.2) is 0 Å². The first-order valence-corrected chi connectivity index (χ1v) is 8.40. The zero-order valence-electron chi connectivity index (χ0n) is 14.1. The van der Waals surface area contributed by atoms with Crippen molar-refractivity contribution >= 4 is 5.69 Å². The fraction of sp³-hybridized carbons (Fsp3) is 0.667. The summed E-state index contributed by atoms with van der Waals surface area (Å²) in [7, 11) is 0. The second-order valence-corrected chi connectivity index (χ2v) is 5.67. The molecule has 0 atom stereocenters. The van der Waals surface area contributed by atoms with Gasteiger partial charge in [0.1, 0.15) is 5.82 Å². The van der Waals surface area contributed by atoms with E-state index < -0.39 is 0 Å². The van der Waals surface area contributed by atoms with Gasteiger partial charge in [-0.15, -0.1) is 0 Å². The largest absolute Gasteiger partial charge is 0.371 e. The van der Waals surface area contributed by atoms with E-state index in [-0.39, 0.29) is 5.82 Å². The fourth-order valence-electron chi connectivity index (χ4n) is 2.66. The molecule has 1 N–H and O–H groups in total. The van der Waals surface area contributed by atoms with Crippen LogP contribution in [0, 0.1) is 11.7 Å². The Labute approximate surface area is 129 Å². The molecule has 1 rings (SSSR count). The van der Waals surface area contributed by atoms with Gasteiger partial charge in [-0.3, -0.25) is 0 Å². The number of hydrogen-bond acceptors (Lipinski definition) is 2. The van der Waals surface area contributed by atoms with E-state index >= 15 is 0 Å². The monoisotopic (exact) mass is 294 g/mol. The van der Waals surface area contributed by atoms with Gasteiger partial charge in [-0.1, -0.05) is 33.6 Å². The highest BCUT2D eigenvalue weighted by molar-refractivity contribution is 5.54. The Bertz CT molecular complexity index is 402. The molecule has 0 radical (unpaired) electrons. The van der Waals surface area contributed by atoms with E-state index in [1.165, 1.54) is 18.5 Å². The highest BCUT2D eigenvalue weighted by Crippen LogP contribution is 2.24. The molecule has 1 aromatic rings. The molecule has 0 aliphatic heterocycles. The molecule has 120 valence electrons. The van der Waals surface area contributed by atoms with Crippen molar-refractivity contribution in [2.75, 3.05) is 24.5 Å². The number of benzene rings is 1. The molecular weight excluding hydrogens is 263 g/mol. The number of halogens is 1. The quantitative estimate of drug-likeness (QED) is 0.635. The molecule has 0 aliphatic rings. The maximum Gasteiger partial charge on any atom is 0.123 e. The van der Waals surface area contributed by atoms with Crippen LogP contribution in [0.3, 0.4) is 0 Å². The van der Waals surface area contributed by atoms with Crippen LogP contribution >= 0.6 is 0 Å². The van der Waals surface area contributed by atoms with E-state index in [0.717, 1.165) is 38.2 Å². The molecule has 0 fully saturated rings. The highest BCUT2D eigenvalue weighted by atomic mass is 19.1. The summed E-state index contributed by atoms with van der Waals surface area (Å²) < 4.78 is 13.6. The molecule has 0 spiro atoms. The molecule has 0 saturated carbocycles. The molecule has 0 aromatic heterocycles. The van der Waals surface area contributed by atoms with Gasteiger partial charge >= 0.3 is 0 Å². The Balaban J connectivity index is 2.90. The molecule has 0 saturated heterocycles. The lowest BCUT2D eigenvalue weighted by Crippen LogP contribution is -2.30. The molecule has 0 aliphatic carbocycles. The van der Waals surface area contributed by atoms with Gasteiger partial charge < -0.3 is 10.2 Å². The summed E-state index contributed by atoms with van der Waals surface area (Å²) >= 11 is 0. The molecule has 21 heavy (non-hydrogen) atoms. The maximum absolute atomic E-state index is 13.6. The summed E-state index contributed by atoms with van der Waals surface area (Å²) in [5.74, 6) is 0.553. The van der Waals surface area contributed by atoms with Gasteiger partial charge in [0.25, 0.3) is 0 Å². The lowest BCUT2D eigenvalue weighted by Gasteiger charge is -2.29. The van der Waals surface area contributed by atoms with E-state index in [2.05, 4.69) is 37.9 Å². The topological polar surface area (TPSA) is 15.3 Å². The average Bonchev–Trinajstić information content (AvgIpc) is 2.50. The van der Waals surface area contributed by atoms with Crippen molar-refractivity contribution in [3.63, 3.8) is 0 Å². The van der Waals surface area contributed by atoms with Crippen LogP contribution in [0.1, 0.15) is 52.5 Å².